The molecule has 0 amide bonds. The molecule has 31 heavy (non-hydrogen) atoms. The Hall–Kier alpha value is -3.56. The van der Waals surface area contributed by atoms with Crippen LogP contribution in [-0.4, -0.2) is 40.5 Å². The largest absolute Gasteiger partial charge is 0.497 e. The molecule has 3 aromatic carbocycles. The fraction of sp³-hybridized carbons (Fsp3) is 0.136. The van der Waals surface area contributed by atoms with E-state index in [1.165, 1.54) is 4.31 Å². The third kappa shape index (κ3) is 4.79. The normalized spacial score (nSPS) is 11.5. The summed E-state index contributed by atoms with van der Waals surface area (Å²) in [4.78, 5) is 0.198. The summed E-state index contributed by atoms with van der Waals surface area (Å²) in [5, 5.41) is 13.8. The lowest BCUT2D eigenvalue weighted by atomic mass is 10.2. The van der Waals surface area contributed by atoms with E-state index in [9.17, 15) is 8.42 Å². The minimum atomic E-state index is -3.76. The monoisotopic (exact) mass is 435 g/mol. The maximum atomic E-state index is 13.5. The fourth-order valence-corrected chi connectivity index (χ4v) is 4.57. The van der Waals surface area contributed by atoms with Gasteiger partial charge in [0, 0.05) is 18.7 Å². The van der Waals surface area contributed by atoms with Gasteiger partial charge < -0.3 is 4.74 Å². The van der Waals surface area contributed by atoms with E-state index in [1.54, 1.807) is 31.4 Å². The second-order valence-corrected chi connectivity index (χ2v) is 8.80. The van der Waals surface area contributed by atoms with Gasteiger partial charge in [-0.25, -0.2) is 8.42 Å². The topological polar surface area (TPSA) is 101 Å². The Morgan fingerprint density at radius 1 is 0.871 bits per heavy atom. The van der Waals surface area contributed by atoms with Crippen LogP contribution in [0.3, 0.4) is 0 Å². The number of nitrogens with one attached hydrogen (secondary N) is 1. The number of ether oxygens (including phenoxy) is 1. The lowest BCUT2D eigenvalue weighted by Crippen LogP contribution is -2.30. The highest BCUT2D eigenvalue weighted by molar-refractivity contribution is 7.89. The van der Waals surface area contributed by atoms with Crippen molar-refractivity contribution in [3.05, 3.63) is 90.0 Å². The summed E-state index contributed by atoms with van der Waals surface area (Å²) in [7, 11) is -2.16. The number of tetrazole rings is 1. The Labute approximate surface area is 180 Å². The van der Waals surface area contributed by atoms with E-state index in [4.69, 9.17) is 4.74 Å². The highest BCUT2D eigenvalue weighted by Gasteiger charge is 2.25. The predicted octanol–water partition coefficient (Wildman–Crippen LogP) is 3.27. The Morgan fingerprint density at radius 3 is 2.10 bits per heavy atom. The predicted molar refractivity (Wildman–Crippen MR) is 115 cm³/mol. The second-order valence-electron chi connectivity index (χ2n) is 6.87. The standard InChI is InChI=1S/C22H21N5O3S/c1-30-20-11-7-18(8-12-20)16-27(15-17-5-3-2-4-6-17)31(28,29)21-13-9-19(10-14-21)22-23-25-26-24-22/h2-14H,15-16H2,1H3,(H,23,24,25,26). The SMILES string of the molecule is COc1ccc(CN(Cc2ccccc2)S(=O)(=O)c2ccc(-c3nn[nH]n3)cc2)cc1. The van der Waals surface area contributed by atoms with Crippen LogP contribution in [0.25, 0.3) is 11.4 Å². The van der Waals surface area contributed by atoms with Crippen LogP contribution < -0.4 is 4.74 Å². The Morgan fingerprint density at radius 2 is 1.52 bits per heavy atom. The van der Waals surface area contributed by atoms with Gasteiger partial charge in [-0.2, -0.15) is 9.52 Å². The second kappa shape index (κ2) is 9.07. The van der Waals surface area contributed by atoms with Gasteiger partial charge in [0.2, 0.25) is 15.8 Å². The first kappa shape index (κ1) is 20.7. The van der Waals surface area contributed by atoms with Gasteiger partial charge in [0.05, 0.1) is 12.0 Å². The van der Waals surface area contributed by atoms with Gasteiger partial charge in [-0.1, -0.05) is 42.5 Å². The highest BCUT2D eigenvalue weighted by atomic mass is 32.2. The van der Waals surface area contributed by atoms with Crippen molar-refractivity contribution in [1.29, 1.82) is 0 Å². The van der Waals surface area contributed by atoms with Crippen molar-refractivity contribution in [2.24, 2.45) is 0 Å². The molecule has 0 radical (unpaired) electrons. The molecule has 158 valence electrons. The minimum absolute atomic E-state index is 0.198. The number of nitrogens with zero attached hydrogens (tertiary/aromatic N) is 4. The molecule has 1 aromatic heterocycles. The van der Waals surface area contributed by atoms with E-state index in [0.717, 1.165) is 16.9 Å². The van der Waals surface area contributed by atoms with Crippen molar-refractivity contribution >= 4 is 10.0 Å². The van der Waals surface area contributed by atoms with E-state index >= 15 is 0 Å². The molecule has 0 saturated heterocycles. The number of H-pyrrole nitrogens is 1. The maximum Gasteiger partial charge on any atom is 0.243 e. The average molecular weight is 436 g/mol. The van der Waals surface area contributed by atoms with Crippen molar-refractivity contribution in [3.63, 3.8) is 0 Å². The van der Waals surface area contributed by atoms with Gasteiger partial charge in [-0.3, -0.25) is 0 Å². The van der Waals surface area contributed by atoms with E-state index < -0.39 is 10.0 Å². The summed E-state index contributed by atoms with van der Waals surface area (Å²) in [6, 6.07) is 23.4. The van der Waals surface area contributed by atoms with Crippen LogP contribution in [0.15, 0.2) is 83.8 Å². The molecule has 0 aliphatic rings. The van der Waals surface area contributed by atoms with E-state index in [2.05, 4.69) is 20.6 Å². The Balaban J connectivity index is 1.65. The molecular formula is C22H21N5O3S. The van der Waals surface area contributed by atoms with Crippen LogP contribution >= 0.6 is 0 Å². The number of rotatable bonds is 8. The first-order valence-electron chi connectivity index (χ1n) is 9.57. The van der Waals surface area contributed by atoms with E-state index in [0.29, 0.717) is 11.4 Å². The molecule has 0 saturated carbocycles. The molecule has 4 rings (SSSR count). The zero-order chi connectivity index (χ0) is 21.7. The number of hydrogen-bond donors (Lipinski definition) is 1. The molecular weight excluding hydrogens is 414 g/mol. The summed E-state index contributed by atoms with van der Waals surface area (Å²) in [5.74, 6) is 1.13. The van der Waals surface area contributed by atoms with Crippen LogP contribution in [0.1, 0.15) is 11.1 Å². The number of aromatic amines is 1. The quantitative estimate of drug-likeness (QED) is 0.456. The molecule has 0 spiro atoms. The molecule has 0 bridgehead atoms. The zero-order valence-electron chi connectivity index (χ0n) is 16.8. The summed E-state index contributed by atoms with van der Waals surface area (Å²) < 4.78 is 33.7. The van der Waals surface area contributed by atoms with Crippen molar-refractivity contribution < 1.29 is 13.2 Å². The highest BCUT2D eigenvalue weighted by Crippen LogP contribution is 2.24. The molecule has 0 unspecified atom stereocenters. The van der Waals surface area contributed by atoms with E-state index in [1.807, 2.05) is 54.6 Å². The fourth-order valence-electron chi connectivity index (χ4n) is 3.16. The van der Waals surface area contributed by atoms with Crippen molar-refractivity contribution in [2.75, 3.05) is 7.11 Å². The van der Waals surface area contributed by atoms with Gasteiger partial charge in [-0.15, -0.1) is 10.2 Å². The molecule has 0 aliphatic carbocycles. The van der Waals surface area contributed by atoms with Gasteiger partial charge in [0.25, 0.3) is 0 Å². The molecule has 0 aliphatic heterocycles. The molecule has 0 fully saturated rings. The molecule has 0 atom stereocenters. The van der Waals surface area contributed by atoms with Crippen LogP contribution in [0.2, 0.25) is 0 Å². The summed E-state index contributed by atoms with van der Waals surface area (Å²) in [6.07, 6.45) is 0. The molecule has 9 heteroatoms. The smallest absolute Gasteiger partial charge is 0.243 e. The molecule has 8 nitrogen and oxygen atoms in total. The van der Waals surface area contributed by atoms with Crippen molar-refractivity contribution in [2.45, 2.75) is 18.0 Å². The lowest BCUT2D eigenvalue weighted by Gasteiger charge is -2.23. The number of benzene rings is 3. The molecule has 4 aromatic rings. The van der Waals surface area contributed by atoms with Crippen LogP contribution in [-0.2, 0) is 23.1 Å². The van der Waals surface area contributed by atoms with Gasteiger partial charge in [0.15, 0.2) is 0 Å². The molecule has 1 N–H and O–H groups in total. The van der Waals surface area contributed by atoms with Gasteiger partial charge in [0.1, 0.15) is 5.75 Å². The van der Waals surface area contributed by atoms with Crippen LogP contribution in [0, 0.1) is 0 Å². The Kier molecular flexibility index (Phi) is 6.06. The zero-order valence-corrected chi connectivity index (χ0v) is 17.7. The van der Waals surface area contributed by atoms with Gasteiger partial charge >= 0.3 is 0 Å². The average Bonchev–Trinajstić information content (AvgIpc) is 3.35. The summed E-state index contributed by atoms with van der Waals surface area (Å²) in [5.41, 5.74) is 2.45. The first-order valence-corrected chi connectivity index (χ1v) is 11.0. The number of sulfonamides is 1. The summed E-state index contributed by atoms with van der Waals surface area (Å²) >= 11 is 0. The number of aromatic nitrogens is 4. The summed E-state index contributed by atoms with van der Waals surface area (Å²) in [6.45, 7) is 0.482. The maximum absolute atomic E-state index is 13.5. The minimum Gasteiger partial charge on any atom is -0.497 e. The van der Waals surface area contributed by atoms with E-state index in [-0.39, 0.29) is 18.0 Å². The van der Waals surface area contributed by atoms with Crippen LogP contribution in [0.5, 0.6) is 5.75 Å². The number of hydrogen-bond acceptors (Lipinski definition) is 6. The van der Waals surface area contributed by atoms with Crippen molar-refractivity contribution in [3.8, 4) is 17.1 Å². The Bertz CT molecular complexity index is 1210. The molecule has 1 heterocycles. The van der Waals surface area contributed by atoms with Crippen molar-refractivity contribution in [1.82, 2.24) is 24.9 Å². The third-order valence-electron chi connectivity index (χ3n) is 4.82. The number of methoxy groups -OCH3 is 1. The van der Waals surface area contributed by atoms with Gasteiger partial charge in [-0.05, 0) is 52.7 Å². The third-order valence-corrected chi connectivity index (χ3v) is 6.62. The van der Waals surface area contributed by atoms with Crippen LogP contribution in [0.4, 0.5) is 0 Å². The lowest BCUT2D eigenvalue weighted by molar-refractivity contribution is 0.399. The first-order chi connectivity index (χ1) is 15.1.